The topological polar surface area (TPSA) is 90.5 Å². The molecule has 9 nitrogen and oxygen atoms in total. The summed E-state index contributed by atoms with van der Waals surface area (Å²) in [5.74, 6) is -1.96. The van der Waals surface area contributed by atoms with Crippen LogP contribution in [0.3, 0.4) is 0 Å². The fourth-order valence-corrected chi connectivity index (χ4v) is 4.36. The standard InChI is InChI=1S/C23H31FN4O5/c1-25(2)21(31)16-26-8-10-27(11-9-26)19(29)14-23(17-6-4-5-7-18(17)24)15-20(30)28(22(23)32)12-13-33-3/h4-7H,8-16H2,1-3H3/t23-/m1/s1. The van der Waals surface area contributed by atoms with E-state index in [-0.39, 0.29) is 49.9 Å². The molecule has 0 radical (unpaired) electrons. The average Bonchev–Trinajstić information content (AvgIpc) is 3.02. The van der Waals surface area contributed by atoms with Gasteiger partial charge in [-0.25, -0.2) is 4.39 Å². The molecule has 4 amide bonds. The van der Waals surface area contributed by atoms with E-state index in [1.807, 2.05) is 4.90 Å². The van der Waals surface area contributed by atoms with Gasteiger partial charge < -0.3 is 14.5 Å². The van der Waals surface area contributed by atoms with Crippen molar-refractivity contribution in [2.24, 2.45) is 0 Å². The van der Waals surface area contributed by atoms with Gasteiger partial charge in [0.05, 0.1) is 25.1 Å². The van der Waals surface area contributed by atoms with Gasteiger partial charge in [-0.05, 0) is 6.07 Å². The molecule has 0 bridgehead atoms. The lowest BCUT2D eigenvalue weighted by molar-refractivity contribution is -0.144. The van der Waals surface area contributed by atoms with Crippen molar-refractivity contribution < 1.29 is 28.3 Å². The highest BCUT2D eigenvalue weighted by Gasteiger charge is 2.55. The van der Waals surface area contributed by atoms with E-state index >= 15 is 0 Å². The Morgan fingerprint density at radius 3 is 2.39 bits per heavy atom. The summed E-state index contributed by atoms with van der Waals surface area (Å²) in [4.78, 5) is 57.5. The minimum atomic E-state index is -1.58. The van der Waals surface area contributed by atoms with Gasteiger partial charge in [-0.2, -0.15) is 0 Å². The summed E-state index contributed by atoms with van der Waals surface area (Å²) in [5.41, 5.74) is -1.52. The number of rotatable bonds is 8. The van der Waals surface area contributed by atoms with Crippen molar-refractivity contribution in [2.75, 3.05) is 67.1 Å². The van der Waals surface area contributed by atoms with Gasteiger partial charge in [0.25, 0.3) is 0 Å². The van der Waals surface area contributed by atoms with Gasteiger partial charge >= 0.3 is 0 Å². The first-order chi connectivity index (χ1) is 15.7. The van der Waals surface area contributed by atoms with Crippen LogP contribution >= 0.6 is 0 Å². The number of carbonyl (C=O) groups is 4. The summed E-state index contributed by atoms with van der Waals surface area (Å²) in [6.07, 6.45) is -0.557. The quantitative estimate of drug-likeness (QED) is 0.509. The van der Waals surface area contributed by atoms with Crippen LogP contribution in [0.5, 0.6) is 0 Å². The maximum atomic E-state index is 14.8. The van der Waals surface area contributed by atoms with Crippen molar-refractivity contribution >= 4 is 23.6 Å². The maximum Gasteiger partial charge on any atom is 0.241 e. The molecular weight excluding hydrogens is 431 g/mol. The number of ether oxygens (including phenoxy) is 1. The molecule has 10 heteroatoms. The van der Waals surface area contributed by atoms with E-state index in [0.717, 1.165) is 4.90 Å². The number of nitrogens with zero attached hydrogens (tertiary/aromatic N) is 4. The summed E-state index contributed by atoms with van der Waals surface area (Å²) in [6, 6.07) is 5.81. The summed E-state index contributed by atoms with van der Waals surface area (Å²) in [5, 5.41) is 0. The molecule has 1 aromatic carbocycles. The first kappa shape index (κ1) is 24.8. The van der Waals surface area contributed by atoms with Crippen LogP contribution in [0.2, 0.25) is 0 Å². The molecule has 180 valence electrons. The molecule has 1 atom stereocenters. The van der Waals surface area contributed by atoms with Gasteiger partial charge in [0, 0.05) is 65.8 Å². The van der Waals surface area contributed by atoms with Crippen LogP contribution in [0.25, 0.3) is 0 Å². The predicted molar refractivity (Wildman–Crippen MR) is 118 cm³/mol. The van der Waals surface area contributed by atoms with E-state index in [1.54, 1.807) is 25.1 Å². The van der Waals surface area contributed by atoms with Crippen molar-refractivity contribution in [3.05, 3.63) is 35.6 Å². The van der Waals surface area contributed by atoms with Crippen LogP contribution in [-0.2, 0) is 29.3 Å². The molecule has 2 aliphatic heterocycles. The van der Waals surface area contributed by atoms with Crippen molar-refractivity contribution in [1.82, 2.24) is 19.6 Å². The van der Waals surface area contributed by atoms with Crippen molar-refractivity contribution in [3.63, 3.8) is 0 Å². The van der Waals surface area contributed by atoms with Crippen molar-refractivity contribution in [1.29, 1.82) is 0 Å². The molecular formula is C23H31FN4O5. The predicted octanol–water partition coefficient (Wildman–Crippen LogP) is 0.0913. The highest BCUT2D eigenvalue weighted by atomic mass is 19.1. The smallest absolute Gasteiger partial charge is 0.241 e. The molecule has 2 aliphatic rings. The lowest BCUT2D eigenvalue weighted by Gasteiger charge is -2.36. The Labute approximate surface area is 193 Å². The SMILES string of the molecule is COCCN1C(=O)C[C@](CC(=O)N2CCN(CC(=O)N(C)C)CC2)(c2ccccc2F)C1=O. The average molecular weight is 463 g/mol. The van der Waals surface area contributed by atoms with Crippen LogP contribution in [0, 0.1) is 5.82 Å². The third-order valence-electron chi connectivity index (χ3n) is 6.35. The molecule has 0 saturated carbocycles. The highest BCUT2D eigenvalue weighted by molar-refractivity contribution is 6.10. The van der Waals surface area contributed by atoms with Crippen LogP contribution in [-0.4, -0.2) is 110 Å². The zero-order valence-corrected chi connectivity index (χ0v) is 19.4. The summed E-state index contributed by atoms with van der Waals surface area (Å²) in [7, 11) is 4.85. The summed E-state index contributed by atoms with van der Waals surface area (Å²) >= 11 is 0. The molecule has 0 N–H and O–H groups in total. The van der Waals surface area contributed by atoms with Crippen molar-refractivity contribution in [2.45, 2.75) is 18.3 Å². The Morgan fingerprint density at radius 2 is 1.79 bits per heavy atom. The third kappa shape index (κ3) is 5.22. The van der Waals surface area contributed by atoms with Crippen molar-refractivity contribution in [3.8, 4) is 0 Å². The Hall–Kier alpha value is -2.85. The minimum absolute atomic E-state index is 0.0144. The second kappa shape index (κ2) is 10.4. The number of amides is 4. The van der Waals surface area contributed by atoms with E-state index < -0.39 is 23.0 Å². The highest BCUT2D eigenvalue weighted by Crippen LogP contribution is 2.41. The largest absolute Gasteiger partial charge is 0.383 e. The Kier molecular flexibility index (Phi) is 7.80. The molecule has 1 aromatic rings. The van der Waals surface area contributed by atoms with E-state index in [4.69, 9.17) is 4.74 Å². The maximum absolute atomic E-state index is 14.8. The van der Waals surface area contributed by atoms with Crippen LogP contribution in [0.4, 0.5) is 4.39 Å². The number of halogens is 1. The number of hydrogen-bond donors (Lipinski definition) is 0. The molecule has 3 rings (SSSR count). The number of methoxy groups -OCH3 is 1. The van der Waals surface area contributed by atoms with Crippen LogP contribution in [0.1, 0.15) is 18.4 Å². The second-order valence-corrected chi connectivity index (χ2v) is 8.70. The number of piperazine rings is 1. The summed E-state index contributed by atoms with van der Waals surface area (Å²) < 4.78 is 19.8. The number of imide groups is 1. The van der Waals surface area contributed by atoms with Gasteiger partial charge in [-0.3, -0.25) is 29.0 Å². The molecule has 2 fully saturated rings. The van der Waals surface area contributed by atoms with Gasteiger partial charge in [-0.1, -0.05) is 18.2 Å². The number of likely N-dealkylation sites (N-methyl/N-ethyl adjacent to an activating group) is 1. The molecule has 0 unspecified atom stereocenters. The lowest BCUT2D eigenvalue weighted by Crippen LogP contribution is -2.52. The molecule has 33 heavy (non-hydrogen) atoms. The number of benzene rings is 1. The first-order valence-electron chi connectivity index (χ1n) is 11.0. The fraction of sp³-hybridized carbons (Fsp3) is 0.565. The fourth-order valence-electron chi connectivity index (χ4n) is 4.36. The number of hydrogen-bond acceptors (Lipinski definition) is 6. The number of likely N-dealkylation sites (tertiary alicyclic amines) is 1. The van der Waals surface area contributed by atoms with E-state index in [9.17, 15) is 23.6 Å². The zero-order valence-electron chi connectivity index (χ0n) is 19.4. The van der Waals surface area contributed by atoms with Crippen LogP contribution in [0.15, 0.2) is 24.3 Å². The molecule has 0 aromatic heterocycles. The van der Waals surface area contributed by atoms with Crippen LogP contribution < -0.4 is 0 Å². The Balaban J connectivity index is 1.78. The Bertz CT molecular complexity index is 916. The summed E-state index contributed by atoms with van der Waals surface area (Å²) in [6.45, 7) is 2.31. The Morgan fingerprint density at radius 1 is 1.12 bits per heavy atom. The monoisotopic (exact) mass is 462 g/mol. The first-order valence-corrected chi connectivity index (χ1v) is 11.0. The van der Waals surface area contributed by atoms with E-state index in [2.05, 4.69) is 0 Å². The normalized spacial score (nSPS) is 21.6. The second-order valence-electron chi connectivity index (χ2n) is 8.70. The lowest BCUT2D eigenvalue weighted by atomic mass is 9.75. The third-order valence-corrected chi connectivity index (χ3v) is 6.35. The molecule has 2 heterocycles. The molecule has 2 saturated heterocycles. The molecule has 0 aliphatic carbocycles. The number of carbonyl (C=O) groups excluding carboxylic acids is 4. The van der Waals surface area contributed by atoms with E-state index in [1.165, 1.54) is 30.2 Å². The van der Waals surface area contributed by atoms with Gasteiger partial charge in [0.1, 0.15) is 5.82 Å². The molecule has 0 spiro atoms. The van der Waals surface area contributed by atoms with Gasteiger partial charge in [-0.15, -0.1) is 0 Å². The van der Waals surface area contributed by atoms with Gasteiger partial charge in [0.2, 0.25) is 23.6 Å². The van der Waals surface area contributed by atoms with Gasteiger partial charge in [0.15, 0.2) is 0 Å². The van der Waals surface area contributed by atoms with E-state index in [0.29, 0.717) is 26.2 Å². The minimum Gasteiger partial charge on any atom is -0.383 e. The zero-order chi connectivity index (χ0) is 24.2.